The summed E-state index contributed by atoms with van der Waals surface area (Å²) in [6.07, 6.45) is 0.948. The number of fused-ring (bicyclic) bond motifs is 1. The summed E-state index contributed by atoms with van der Waals surface area (Å²) in [5.41, 5.74) is 4.09. The van der Waals surface area contributed by atoms with E-state index >= 15 is 0 Å². The molecule has 0 spiro atoms. The normalized spacial score (nSPS) is 16.9. The number of benzene rings is 1. The van der Waals surface area contributed by atoms with E-state index in [-0.39, 0.29) is 11.9 Å². The second-order valence-electron chi connectivity index (χ2n) is 6.50. The summed E-state index contributed by atoms with van der Waals surface area (Å²) >= 11 is 1.58. The van der Waals surface area contributed by atoms with Crippen molar-refractivity contribution in [1.82, 2.24) is 15.6 Å². The van der Waals surface area contributed by atoms with Crippen LogP contribution in [0.15, 0.2) is 28.1 Å². The molecule has 1 amide bonds. The van der Waals surface area contributed by atoms with Gasteiger partial charge in [-0.2, -0.15) is 0 Å². The Hall–Kier alpha value is -2.38. The highest BCUT2D eigenvalue weighted by Crippen LogP contribution is 2.30. The van der Waals surface area contributed by atoms with E-state index in [0.29, 0.717) is 29.3 Å². The number of furan rings is 1. The Bertz CT molecular complexity index is 941. The first-order valence-electron chi connectivity index (χ1n) is 8.68. The Labute approximate surface area is 155 Å². The van der Waals surface area contributed by atoms with Crippen molar-refractivity contribution in [2.45, 2.75) is 32.9 Å². The molecular weight excluding hydrogens is 350 g/mol. The van der Waals surface area contributed by atoms with Crippen molar-refractivity contribution in [2.24, 2.45) is 0 Å². The van der Waals surface area contributed by atoms with Crippen LogP contribution in [0.2, 0.25) is 0 Å². The molecule has 136 valence electrons. The molecule has 1 unspecified atom stereocenters. The van der Waals surface area contributed by atoms with Crippen molar-refractivity contribution in [3.8, 4) is 5.75 Å². The third-order valence-electron chi connectivity index (χ3n) is 4.67. The molecule has 0 radical (unpaired) electrons. The molecule has 3 heterocycles. The molecule has 4 rings (SSSR count). The monoisotopic (exact) mass is 371 g/mol. The Balaban J connectivity index is 1.57. The average molecular weight is 371 g/mol. The number of amides is 1. The Kier molecular flexibility index (Phi) is 4.65. The number of aromatic nitrogens is 1. The lowest BCUT2D eigenvalue weighted by molar-refractivity contribution is 0.0940. The predicted molar refractivity (Wildman–Crippen MR) is 101 cm³/mol. The van der Waals surface area contributed by atoms with Crippen molar-refractivity contribution in [1.29, 1.82) is 0 Å². The van der Waals surface area contributed by atoms with Crippen LogP contribution < -0.4 is 15.4 Å². The molecular formula is C19H21N3O3S. The maximum atomic E-state index is 12.8. The average Bonchev–Trinajstić information content (AvgIpc) is 3.32. The summed E-state index contributed by atoms with van der Waals surface area (Å²) in [5.74, 6) is 1.24. The largest absolute Gasteiger partial charge is 0.488 e. The highest BCUT2D eigenvalue weighted by molar-refractivity contribution is 7.09. The first-order valence-corrected chi connectivity index (χ1v) is 9.56. The summed E-state index contributed by atoms with van der Waals surface area (Å²) in [4.78, 5) is 18.1. The van der Waals surface area contributed by atoms with Gasteiger partial charge in [-0.05, 0) is 45.0 Å². The number of aryl methyl sites for hydroxylation is 2. The molecule has 7 heteroatoms. The first kappa shape index (κ1) is 17.1. The van der Waals surface area contributed by atoms with Crippen molar-refractivity contribution in [2.75, 3.05) is 13.1 Å². The van der Waals surface area contributed by atoms with E-state index in [2.05, 4.69) is 15.6 Å². The van der Waals surface area contributed by atoms with E-state index in [4.69, 9.17) is 9.15 Å². The minimum Gasteiger partial charge on any atom is -0.488 e. The van der Waals surface area contributed by atoms with Gasteiger partial charge in [0.2, 0.25) is 0 Å². The van der Waals surface area contributed by atoms with E-state index in [1.165, 1.54) is 0 Å². The van der Waals surface area contributed by atoms with E-state index in [9.17, 15) is 4.79 Å². The number of hydrogen-bond acceptors (Lipinski definition) is 6. The van der Waals surface area contributed by atoms with Crippen LogP contribution in [-0.2, 0) is 6.61 Å². The van der Waals surface area contributed by atoms with Gasteiger partial charge in [0.25, 0.3) is 5.91 Å². The van der Waals surface area contributed by atoms with Crippen molar-refractivity contribution in [3.63, 3.8) is 0 Å². The molecule has 1 atom stereocenters. The number of thiazole rings is 1. The van der Waals surface area contributed by atoms with E-state index < -0.39 is 0 Å². The number of rotatable bonds is 5. The van der Waals surface area contributed by atoms with Gasteiger partial charge in [0, 0.05) is 18.0 Å². The zero-order chi connectivity index (χ0) is 18.1. The first-order chi connectivity index (χ1) is 12.6. The number of carbonyl (C=O) groups excluding carboxylic acids is 1. The molecule has 2 N–H and O–H groups in total. The van der Waals surface area contributed by atoms with E-state index in [1.807, 2.05) is 37.6 Å². The fraction of sp³-hybridized carbons (Fsp3) is 0.368. The third-order valence-corrected chi connectivity index (χ3v) is 5.58. The van der Waals surface area contributed by atoms with Crippen LogP contribution in [0.1, 0.15) is 33.1 Å². The maximum absolute atomic E-state index is 12.8. The second-order valence-corrected chi connectivity index (χ2v) is 7.44. The molecule has 1 aromatic carbocycles. The minimum absolute atomic E-state index is 0.0922. The molecule has 1 saturated heterocycles. The van der Waals surface area contributed by atoms with Crippen LogP contribution in [0.5, 0.6) is 5.75 Å². The lowest BCUT2D eigenvalue weighted by atomic mass is 10.1. The molecule has 6 nitrogen and oxygen atoms in total. The molecule has 1 aliphatic heterocycles. The molecule has 1 aliphatic rings. The Morgan fingerprint density at radius 1 is 1.46 bits per heavy atom. The zero-order valence-electron chi connectivity index (χ0n) is 14.8. The van der Waals surface area contributed by atoms with Crippen LogP contribution in [0.25, 0.3) is 11.0 Å². The smallest absolute Gasteiger partial charge is 0.255 e. The van der Waals surface area contributed by atoms with Gasteiger partial charge < -0.3 is 19.8 Å². The predicted octanol–water partition coefficient (Wildman–Crippen LogP) is 3.18. The quantitative estimate of drug-likeness (QED) is 0.720. The van der Waals surface area contributed by atoms with Crippen molar-refractivity contribution >= 4 is 28.2 Å². The van der Waals surface area contributed by atoms with E-state index in [0.717, 1.165) is 35.5 Å². The van der Waals surface area contributed by atoms with Crippen LogP contribution >= 0.6 is 11.3 Å². The highest BCUT2D eigenvalue weighted by atomic mass is 32.1. The minimum atomic E-state index is -0.0922. The molecule has 0 bridgehead atoms. The van der Waals surface area contributed by atoms with Crippen LogP contribution in [0, 0.1) is 13.8 Å². The summed E-state index contributed by atoms with van der Waals surface area (Å²) in [7, 11) is 0. The lowest BCUT2D eigenvalue weighted by Crippen LogP contribution is -2.36. The van der Waals surface area contributed by atoms with Gasteiger partial charge in [0.05, 0.1) is 21.6 Å². The van der Waals surface area contributed by atoms with Crippen LogP contribution in [0.4, 0.5) is 0 Å². The van der Waals surface area contributed by atoms with Gasteiger partial charge in [0.1, 0.15) is 23.7 Å². The van der Waals surface area contributed by atoms with Gasteiger partial charge in [-0.15, -0.1) is 11.3 Å². The molecule has 3 aromatic rings. The highest BCUT2D eigenvalue weighted by Gasteiger charge is 2.23. The third kappa shape index (κ3) is 3.32. The molecule has 1 fully saturated rings. The SMILES string of the molecule is Cc1ncsc1COc1ccc2oc(C)c(C(=O)NC3CCNC3)c2c1. The standard InChI is InChI=1S/C19H21N3O3S/c1-11-17(26-10-21-11)9-24-14-3-4-16-15(7-14)18(12(2)25-16)19(23)22-13-5-6-20-8-13/h3-4,7,10,13,20H,5-6,8-9H2,1-2H3,(H,22,23). The van der Waals surface area contributed by atoms with Gasteiger partial charge in [-0.25, -0.2) is 4.98 Å². The summed E-state index contributed by atoms with van der Waals surface area (Å²) < 4.78 is 11.7. The van der Waals surface area contributed by atoms with Gasteiger partial charge >= 0.3 is 0 Å². The van der Waals surface area contributed by atoms with Crippen LogP contribution in [-0.4, -0.2) is 30.0 Å². The fourth-order valence-electron chi connectivity index (χ4n) is 3.22. The zero-order valence-corrected chi connectivity index (χ0v) is 15.6. The Morgan fingerprint density at radius 3 is 3.08 bits per heavy atom. The van der Waals surface area contributed by atoms with Gasteiger partial charge in [0.15, 0.2) is 0 Å². The van der Waals surface area contributed by atoms with Crippen LogP contribution in [0.3, 0.4) is 0 Å². The molecule has 0 saturated carbocycles. The lowest BCUT2D eigenvalue weighted by Gasteiger charge is -2.11. The maximum Gasteiger partial charge on any atom is 0.255 e. The molecule has 0 aliphatic carbocycles. The summed E-state index contributed by atoms with van der Waals surface area (Å²) in [6.45, 7) is 6.00. The summed E-state index contributed by atoms with van der Waals surface area (Å²) in [5, 5.41) is 7.12. The Morgan fingerprint density at radius 2 is 2.35 bits per heavy atom. The molecule has 2 aromatic heterocycles. The van der Waals surface area contributed by atoms with Crippen molar-refractivity contribution in [3.05, 3.63) is 45.6 Å². The van der Waals surface area contributed by atoms with Gasteiger partial charge in [-0.3, -0.25) is 4.79 Å². The number of carbonyl (C=O) groups is 1. The molecule has 26 heavy (non-hydrogen) atoms. The second kappa shape index (κ2) is 7.09. The summed E-state index contributed by atoms with van der Waals surface area (Å²) in [6, 6.07) is 5.76. The van der Waals surface area contributed by atoms with Gasteiger partial charge in [-0.1, -0.05) is 0 Å². The number of nitrogens with zero attached hydrogens (tertiary/aromatic N) is 1. The van der Waals surface area contributed by atoms with Crippen molar-refractivity contribution < 1.29 is 13.9 Å². The van der Waals surface area contributed by atoms with E-state index in [1.54, 1.807) is 11.3 Å². The number of hydrogen-bond donors (Lipinski definition) is 2. The number of ether oxygens (including phenoxy) is 1. The topological polar surface area (TPSA) is 76.4 Å². The number of nitrogens with one attached hydrogen (secondary N) is 2. The fourth-order valence-corrected chi connectivity index (χ4v) is 3.91.